The Kier molecular flexibility index (Phi) is 4.87. The van der Waals surface area contributed by atoms with Crippen LogP contribution in [0.1, 0.15) is 6.92 Å². The fraction of sp³-hybridized carbons (Fsp3) is 0.417. The number of ether oxygens (including phenoxy) is 2. The van der Waals surface area contributed by atoms with Gasteiger partial charge in [0.05, 0.1) is 6.20 Å². The zero-order valence-corrected chi connectivity index (χ0v) is 11.6. The lowest BCUT2D eigenvalue weighted by molar-refractivity contribution is -0.0951. The minimum Gasteiger partial charge on any atom is -0.470 e. The zero-order valence-electron chi connectivity index (χ0n) is 11.6. The van der Waals surface area contributed by atoms with Crippen LogP contribution < -0.4 is 10.3 Å². The first-order valence-electron chi connectivity index (χ1n) is 6.19. The van der Waals surface area contributed by atoms with E-state index in [0.717, 1.165) is 12.3 Å². The van der Waals surface area contributed by atoms with Gasteiger partial charge in [0, 0.05) is 19.7 Å². The fourth-order valence-electron chi connectivity index (χ4n) is 1.67. The van der Waals surface area contributed by atoms with Gasteiger partial charge in [-0.1, -0.05) is 0 Å². The highest BCUT2D eigenvalue weighted by Crippen LogP contribution is 2.18. The van der Waals surface area contributed by atoms with Gasteiger partial charge in [-0.3, -0.25) is 9.36 Å². The van der Waals surface area contributed by atoms with Gasteiger partial charge in [-0.15, -0.1) is 0 Å². The van der Waals surface area contributed by atoms with Crippen LogP contribution in [-0.2, 0) is 16.4 Å². The van der Waals surface area contributed by atoms with E-state index in [1.165, 1.54) is 11.6 Å². The van der Waals surface area contributed by atoms with Crippen LogP contribution in [0, 0.1) is 5.82 Å². The summed E-state index contributed by atoms with van der Waals surface area (Å²) in [6.07, 6.45) is 0.252. The molecule has 0 fully saturated rings. The van der Waals surface area contributed by atoms with E-state index in [1.54, 1.807) is 6.92 Å². The molecule has 2 rings (SSSR count). The van der Waals surface area contributed by atoms with Crippen molar-refractivity contribution in [2.75, 3.05) is 13.2 Å². The number of nitrogens with zero attached hydrogens (tertiary/aromatic N) is 3. The minimum atomic E-state index is -0.843. The molecule has 0 aromatic carbocycles. The molecule has 0 spiro atoms. The molecule has 0 aliphatic rings. The van der Waals surface area contributed by atoms with Crippen molar-refractivity contribution in [1.82, 2.24) is 14.5 Å². The van der Waals surface area contributed by atoms with E-state index in [0.29, 0.717) is 6.61 Å². The highest BCUT2D eigenvalue weighted by Gasteiger charge is 2.14. The molecule has 0 bridgehead atoms. The molecule has 1 atom stereocenters. The standard InChI is InChI=1S/C12H13BFN3O4/c1-3-19-10(21-13)6-20-12-7(14)4-8-11(16-12)17(2)9(18)5-15-8/h4-5,10H,3,6H2,1-2H3. The predicted octanol–water partition coefficient (Wildman–Crippen LogP) is 0.309. The summed E-state index contributed by atoms with van der Waals surface area (Å²) in [5.74, 6) is -0.992. The summed E-state index contributed by atoms with van der Waals surface area (Å²) >= 11 is 0. The molecule has 7 nitrogen and oxygen atoms in total. The first-order valence-corrected chi connectivity index (χ1v) is 6.19. The molecule has 0 aliphatic carbocycles. The molecule has 0 N–H and O–H groups in total. The molecular weight excluding hydrogens is 280 g/mol. The van der Waals surface area contributed by atoms with E-state index in [2.05, 4.69) is 14.6 Å². The maximum Gasteiger partial charge on any atom is 0.286 e. The third-order valence-electron chi connectivity index (χ3n) is 2.73. The van der Waals surface area contributed by atoms with Crippen LogP contribution in [0.25, 0.3) is 11.2 Å². The Balaban J connectivity index is 2.29. The number of hydrogen-bond donors (Lipinski definition) is 0. The second-order valence-corrected chi connectivity index (χ2v) is 4.11. The van der Waals surface area contributed by atoms with Crippen LogP contribution in [0.15, 0.2) is 17.1 Å². The number of pyridine rings is 1. The van der Waals surface area contributed by atoms with Crippen LogP contribution in [0.5, 0.6) is 5.88 Å². The monoisotopic (exact) mass is 293 g/mol. The molecule has 2 radical (unpaired) electrons. The number of halogens is 1. The van der Waals surface area contributed by atoms with Gasteiger partial charge in [0.15, 0.2) is 17.8 Å². The Labute approximate surface area is 121 Å². The molecule has 2 aromatic heterocycles. The fourth-order valence-corrected chi connectivity index (χ4v) is 1.67. The maximum atomic E-state index is 13.9. The largest absolute Gasteiger partial charge is 0.470 e. The summed E-state index contributed by atoms with van der Waals surface area (Å²) in [4.78, 5) is 19.3. The second kappa shape index (κ2) is 6.64. The van der Waals surface area contributed by atoms with E-state index < -0.39 is 12.1 Å². The van der Waals surface area contributed by atoms with Crippen molar-refractivity contribution in [2.24, 2.45) is 7.05 Å². The van der Waals surface area contributed by atoms with Crippen molar-refractivity contribution in [2.45, 2.75) is 13.2 Å². The third kappa shape index (κ3) is 3.37. The predicted molar refractivity (Wildman–Crippen MR) is 72.5 cm³/mol. The van der Waals surface area contributed by atoms with Crippen LogP contribution in [0.4, 0.5) is 4.39 Å². The lowest BCUT2D eigenvalue weighted by Gasteiger charge is -2.16. The molecule has 2 aromatic rings. The molecule has 0 aliphatic heterocycles. The summed E-state index contributed by atoms with van der Waals surface area (Å²) in [5, 5.41) is 0. The quantitative estimate of drug-likeness (QED) is 0.563. The normalized spacial score (nSPS) is 12.5. The van der Waals surface area contributed by atoms with E-state index in [4.69, 9.17) is 17.5 Å². The number of rotatable bonds is 6. The molecule has 1 unspecified atom stereocenters. The number of aryl methyl sites for hydroxylation is 1. The first-order chi connectivity index (χ1) is 10.1. The summed E-state index contributed by atoms with van der Waals surface area (Å²) in [6, 6.07) is 1.14. The van der Waals surface area contributed by atoms with Gasteiger partial charge in [0.1, 0.15) is 12.1 Å². The zero-order chi connectivity index (χ0) is 15.4. The third-order valence-corrected chi connectivity index (χ3v) is 2.73. The highest BCUT2D eigenvalue weighted by atomic mass is 19.1. The van der Waals surface area contributed by atoms with E-state index in [-0.39, 0.29) is 29.2 Å². The highest BCUT2D eigenvalue weighted by molar-refractivity contribution is 5.98. The summed E-state index contributed by atoms with van der Waals surface area (Å²) in [7, 11) is 6.53. The molecule has 2 heterocycles. The topological polar surface area (TPSA) is 75.5 Å². The van der Waals surface area contributed by atoms with Crippen molar-refractivity contribution in [3.05, 3.63) is 28.4 Å². The van der Waals surface area contributed by atoms with E-state index in [1.807, 2.05) is 0 Å². The Morgan fingerprint density at radius 3 is 2.95 bits per heavy atom. The van der Waals surface area contributed by atoms with Gasteiger partial charge in [-0.05, 0) is 6.92 Å². The molecule has 0 saturated heterocycles. The maximum absolute atomic E-state index is 13.9. The lowest BCUT2D eigenvalue weighted by Crippen LogP contribution is -2.25. The van der Waals surface area contributed by atoms with Gasteiger partial charge in [-0.2, -0.15) is 4.98 Å². The van der Waals surface area contributed by atoms with E-state index in [9.17, 15) is 9.18 Å². The molecule has 110 valence electrons. The van der Waals surface area contributed by atoms with Gasteiger partial charge < -0.3 is 14.1 Å². The Bertz CT molecular complexity index is 694. The molecule has 0 amide bonds. The lowest BCUT2D eigenvalue weighted by atomic mass is 10.4. The molecule has 21 heavy (non-hydrogen) atoms. The Hall–Kier alpha value is -2.00. The van der Waals surface area contributed by atoms with Crippen molar-refractivity contribution in [3.8, 4) is 5.88 Å². The van der Waals surface area contributed by atoms with Gasteiger partial charge >= 0.3 is 0 Å². The minimum absolute atomic E-state index is 0.145. The first kappa shape index (κ1) is 15.4. The average Bonchev–Trinajstić information content (AvgIpc) is 2.48. The second-order valence-electron chi connectivity index (χ2n) is 4.11. The van der Waals surface area contributed by atoms with Crippen LogP contribution in [0.2, 0.25) is 0 Å². The van der Waals surface area contributed by atoms with E-state index >= 15 is 0 Å². The SMILES string of the molecule is [B]OC(COc1nc2c(cc1F)ncc(=O)n2C)OCC. The molecule has 0 saturated carbocycles. The van der Waals surface area contributed by atoms with Crippen molar-refractivity contribution >= 4 is 19.2 Å². The summed E-state index contributed by atoms with van der Waals surface area (Å²) in [6.45, 7) is 1.97. The van der Waals surface area contributed by atoms with Crippen molar-refractivity contribution in [1.29, 1.82) is 0 Å². The van der Waals surface area contributed by atoms with Gasteiger partial charge in [0.25, 0.3) is 19.5 Å². The molecular formula is C12H13BFN3O4. The molecule has 9 heteroatoms. The van der Waals surface area contributed by atoms with Gasteiger partial charge in [0.2, 0.25) is 0 Å². The Morgan fingerprint density at radius 2 is 2.29 bits per heavy atom. The van der Waals surface area contributed by atoms with Crippen LogP contribution >= 0.6 is 0 Å². The Morgan fingerprint density at radius 1 is 1.52 bits per heavy atom. The number of fused-ring (bicyclic) bond motifs is 1. The van der Waals surface area contributed by atoms with Gasteiger partial charge in [-0.25, -0.2) is 9.37 Å². The average molecular weight is 293 g/mol. The van der Waals surface area contributed by atoms with Crippen molar-refractivity contribution < 1.29 is 18.5 Å². The van der Waals surface area contributed by atoms with Crippen LogP contribution in [0.3, 0.4) is 0 Å². The smallest absolute Gasteiger partial charge is 0.286 e. The van der Waals surface area contributed by atoms with Crippen LogP contribution in [-0.4, -0.2) is 42.1 Å². The number of hydrogen-bond acceptors (Lipinski definition) is 6. The summed E-state index contributed by atoms with van der Waals surface area (Å²) in [5.41, 5.74) is 0.101. The summed E-state index contributed by atoms with van der Waals surface area (Å²) < 4.78 is 29.9. The number of aromatic nitrogens is 3. The van der Waals surface area contributed by atoms with Crippen molar-refractivity contribution in [3.63, 3.8) is 0 Å².